The minimum Gasteiger partial charge on any atom is -0.294 e. The van der Waals surface area contributed by atoms with E-state index in [4.69, 9.17) is 0 Å². The molecule has 0 aliphatic heterocycles. The van der Waals surface area contributed by atoms with Gasteiger partial charge >= 0.3 is 0 Å². The van der Waals surface area contributed by atoms with Crippen molar-refractivity contribution in [1.82, 2.24) is 9.55 Å². The Kier molecular flexibility index (Phi) is 4.87. The lowest BCUT2D eigenvalue weighted by Gasteiger charge is -2.19. The Balaban J connectivity index is 1.77. The summed E-state index contributed by atoms with van der Waals surface area (Å²) in [5, 5.41) is 0.605. The van der Waals surface area contributed by atoms with Gasteiger partial charge in [-0.1, -0.05) is 57.2 Å². The smallest absolute Gasteiger partial charge is 0.263 e. The normalized spacial score (nSPS) is 11.9. The largest absolute Gasteiger partial charge is 0.294 e. The predicted molar refractivity (Wildman–Crippen MR) is 118 cm³/mol. The van der Waals surface area contributed by atoms with Crippen LogP contribution in [0.25, 0.3) is 21.3 Å². The molecule has 0 bridgehead atoms. The Morgan fingerprint density at radius 3 is 2.31 bits per heavy atom. The van der Waals surface area contributed by atoms with Crippen molar-refractivity contribution >= 4 is 21.6 Å². The molecule has 0 aliphatic rings. The van der Waals surface area contributed by atoms with Crippen molar-refractivity contribution in [2.24, 2.45) is 0 Å². The quantitative estimate of drug-likeness (QED) is 0.423. The van der Waals surface area contributed by atoms with E-state index >= 15 is 0 Å². The lowest BCUT2D eigenvalue weighted by atomic mass is 9.87. The van der Waals surface area contributed by atoms with E-state index in [0.29, 0.717) is 16.8 Å². The second-order valence-electron chi connectivity index (χ2n) is 8.34. The van der Waals surface area contributed by atoms with Gasteiger partial charge in [0.2, 0.25) is 0 Å². The van der Waals surface area contributed by atoms with Crippen LogP contribution in [0.2, 0.25) is 0 Å². The van der Waals surface area contributed by atoms with Crippen molar-refractivity contribution in [3.63, 3.8) is 0 Å². The summed E-state index contributed by atoms with van der Waals surface area (Å²) in [4.78, 5) is 19.5. The predicted octanol–water partition coefficient (Wildman–Crippen LogP) is 5.92. The van der Waals surface area contributed by atoms with E-state index in [2.05, 4.69) is 50.0 Å². The van der Waals surface area contributed by atoms with Crippen molar-refractivity contribution in [2.45, 2.75) is 39.7 Å². The molecular formula is C24H23FN2OS. The molecule has 2 aromatic heterocycles. The van der Waals surface area contributed by atoms with E-state index in [-0.39, 0.29) is 16.8 Å². The number of hydrogen-bond acceptors (Lipinski definition) is 3. The topological polar surface area (TPSA) is 34.9 Å². The van der Waals surface area contributed by atoms with Crippen LogP contribution in [0.4, 0.5) is 4.39 Å². The molecule has 0 N–H and O–H groups in total. The summed E-state index contributed by atoms with van der Waals surface area (Å²) in [5.41, 5.74) is 4.01. The molecule has 0 fully saturated rings. The van der Waals surface area contributed by atoms with Crippen LogP contribution >= 0.6 is 11.3 Å². The number of nitrogens with zero attached hydrogens (tertiary/aromatic N) is 2. The zero-order valence-corrected chi connectivity index (χ0v) is 17.8. The summed E-state index contributed by atoms with van der Waals surface area (Å²) >= 11 is 1.49. The van der Waals surface area contributed by atoms with Gasteiger partial charge in [0.1, 0.15) is 10.6 Å². The summed E-state index contributed by atoms with van der Waals surface area (Å²) in [5.74, 6) is -0.292. The molecule has 2 heterocycles. The molecule has 0 saturated carbocycles. The van der Waals surface area contributed by atoms with E-state index in [1.807, 2.05) is 6.92 Å². The van der Waals surface area contributed by atoms with Crippen molar-refractivity contribution < 1.29 is 4.39 Å². The van der Waals surface area contributed by atoms with Crippen LogP contribution in [0.3, 0.4) is 0 Å². The van der Waals surface area contributed by atoms with E-state index in [9.17, 15) is 9.18 Å². The number of aromatic nitrogens is 2. The van der Waals surface area contributed by atoms with E-state index in [1.165, 1.54) is 29.0 Å². The van der Waals surface area contributed by atoms with Crippen molar-refractivity contribution in [1.29, 1.82) is 0 Å². The first-order chi connectivity index (χ1) is 13.7. The number of fused-ring (bicyclic) bond motifs is 1. The highest BCUT2D eigenvalue weighted by atomic mass is 32.1. The van der Waals surface area contributed by atoms with Gasteiger partial charge in [0.05, 0.1) is 18.3 Å². The molecule has 5 heteroatoms. The van der Waals surface area contributed by atoms with Crippen LogP contribution in [-0.2, 0) is 12.0 Å². The number of rotatable bonds is 3. The molecule has 148 valence electrons. The highest BCUT2D eigenvalue weighted by molar-refractivity contribution is 7.19. The Hall–Kier alpha value is -2.79. The number of thiophene rings is 1. The van der Waals surface area contributed by atoms with Gasteiger partial charge in [-0.15, -0.1) is 11.3 Å². The first-order valence-electron chi connectivity index (χ1n) is 9.58. The summed E-state index contributed by atoms with van der Waals surface area (Å²) in [6.45, 7) is 8.98. The lowest BCUT2D eigenvalue weighted by molar-refractivity contribution is 0.589. The van der Waals surface area contributed by atoms with Crippen molar-refractivity contribution in [3.8, 4) is 11.1 Å². The Labute approximate surface area is 173 Å². The molecule has 29 heavy (non-hydrogen) atoms. The Morgan fingerprint density at radius 2 is 1.69 bits per heavy atom. The fraction of sp³-hybridized carbons (Fsp3) is 0.250. The van der Waals surface area contributed by atoms with Gasteiger partial charge in [-0.05, 0) is 41.2 Å². The lowest BCUT2D eigenvalue weighted by Crippen LogP contribution is -2.21. The maximum atomic E-state index is 13.4. The van der Waals surface area contributed by atoms with Crippen LogP contribution in [0.1, 0.15) is 36.8 Å². The van der Waals surface area contributed by atoms with Gasteiger partial charge in [-0.2, -0.15) is 0 Å². The standard InChI is InChI=1S/C24H23FN2OS/c1-15-20(17-7-11-19(25)12-8-17)21-22(29-15)26-14-27(23(21)28)13-16-5-9-18(10-6-16)24(2,3)4/h5-12,14H,13H2,1-4H3. The Bertz CT molecular complexity index is 1230. The first kappa shape index (κ1) is 19.5. The number of benzene rings is 2. The van der Waals surface area contributed by atoms with Gasteiger partial charge in [0, 0.05) is 10.4 Å². The number of aryl methyl sites for hydroxylation is 1. The van der Waals surface area contributed by atoms with Crippen LogP contribution in [0.15, 0.2) is 59.7 Å². The zero-order chi connectivity index (χ0) is 20.8. The van der Waals surface area contributed by atoms with Gasteiger partial charge in [0.25, 0.3) is 5.56 Å². The zero-order valence-electron chi connectivity index (χ0n) is 17.0. The molecule has 0 atom stereocenters. The average Bonchev–Trinajstić information content (AvgIpc) is 3.01. The highest BCUT2D eigenvalue weighted by Gasteiger charge is 2.17. The summed E-state index contributed by atoms with van der Waals surface area (Å²) in [6, 6.07) is 14.6. The number of hydrogen-bond donors (Lipinski definition) is 0. The van der Waals surface area contributed by atoms with Crippen LogP contribution in [-0.4, -0.2) is 9.55 Å². The average molecular weight is 407 g/mol. The molecule has 0 radical (unpaired) electrons. The maximum Gasteiger partial charge on any atom is 0.263 e. The molecule has 0 spiro atoms. The second kappa shape index (κ2) is 7.23. The van der Waals surface area contributed by atoms with Crippen LogP contribution in [0.5, 0.6) is 0 Å². The van der Waals surface area contributed by atoms with Crippen LogP contribution < -0.4 is 5.56 Å². The fourth-order valence-electron chi connectivity index (χ4n) is 3.52. The van der Waals surface area contributed by atoms with Gasteiger partial charge in [-0.25, -0.2) is 9.37 Å². The second-order valence-corrected chi connectivity index (χ2v) is 9.55. The third-order valence-corrected chi connectivity index (χ3v) is 6.17. The maximum absolute atomic E-state index is 13.4. The summed E-state index contributed by atoms with van der Waals surface area (Å²) < 4.78 is 15.0. The molecule has 4 rings (SSSR count). The molecule has 2 aromatic carbocycles. The van der Waals surface area contributed by atoms with Crippen molar-refractivity contribution in [3.05, 3.63) is 87.0 Å². The van der Waals surface area contributed by atoms with Crippen molar-refractivity contribution in [2.75, 3.05) is 0 Å². The molecular weight excluding hydrogens is 383 g/mol. The highest BCUT2D eigenvalue weighted by Crippen LogP contribution is 2.35. The Morgan fingerprint density at radius 1 is 1.03 bits per heavy atom. The minimum atomic E-state index is -0.292. The third-order valence-electron chi connectivity index (χ3n) is 5.16. The van der Waals surface area contributed by atoms with Gasteiger partial charge < -0.3 is 0 Å². The fourth-order valence-corrected chi connectivity index (χ4v) is 4.52. The third kappa shape index (κ3) is 3.75. The SMILES string of the molecule is Cc1sc2ncn(Cc3ccc(C(C)(C)C)cc3)c(=O)c2c1-c1ccc(F)cc1. The van der Waals surface area contributed by atoms with Crippen LogP contribution in [0, 0.1) is 12.7 Å². The summed E-state index contributed by atoms with van der Waals surface area (Å²) in [6.07, 6.45) is 1.62. The van der Waals surface area contributed by atoms with Gasteiger partial charge in [-0.3, -0.25) is 9.36 Å². The van der Waals surface area contributed by atoms with E-state index in [1.54, 1.807) is 23.0 Å². The number of halogens is 1. The molecule has 0 saturated heterocycles. The molecule has 4 aromatic rings. The monoisotopic (exact) mass is 406 g/mol. The molecule has 0 unspecified atom stereocenters. The minimum absolute atomic E-state index is 0.0708. The molecule has 0 aliphatic carbocycles. The summed E-state index contributed by atoms with van der Waals surface area (Å²) in [7, 11) is 0. The van der Waals surface area contributed by atoms with E-state index < -0.39 is 0 Å². The first-order valence-corrected chi connectivity index (χ1v) is 10.4. The van der Waals surface area contributed by atoms with E-state index in [0.717, 1.165) is 21.6 Å². The van der Waals surface area contributed by atoms with Gasteiger partial charge in [0.15, 0.2) is 0 Å². The molecule has 0 amide bonds. The molecule has 3 nitrogen and oxygen atoms in total.